The Labute approximate surface area is 82.4 Å². The molecule has 0 aromatic carbocycles. The average Bonchev–Trinajstić information content (AvgIpc) is 2.53. The third-order valence-corrected chi connectivity index (χ3v) is 3.11. The SMILES string of the molecule is NC1CC(NCCc2cscn2)C1. The first-order valence-electron chi connectivity index (χ1n) is 4.70. The van der Waals surface area contributed by atoms with Gasteiger partial charge in [-0.25, -0.2) is 4.98 Å². The van der Waals surface area contributed by atoms with Crippen LogP contribution in [0.5, 0.6) is 0 Å². The Bertz CT molecular complexity index is 241. The lowest BCUT2D eigenvalue weighted by atomic mass is 9.87. The number of nitrogens with two attached hydrogens (primary N) is 1. The van der Waals surface area contributed by atoms with Gasteiger partial charge in [-0.3, -0.25) is 0 Å². The monoisotopic (exact) mass is 197 g/mol. The molecule has 0 aliphatic heterocycles. The summed E-state index contributed by atoms with van der Waals surface area (Å²) >= 11 is 1.66. The highest BCUT2D eigenvalue weighted by molar-refractivity contribution is 7.07. The minimum Gasteiger partial charge on any atom is -0.328 e. The zero-order valence-electron chi connectivity index (χ0n) is 7.57. The Morgan fingerprint density at radius 2 is 2.46 bits per heavy atom. The number of hydrogen-bond donors (Lipinski definition) is 2. The molecular formula is C9H15N3S. The van der Waals surface area contributed by atoms with E-state index in [1.165, 1.54) is 5.69 Å². The van der Waals surface area contributed by atoms with E-state index in [0.717, 1.165) is 25.8 Å². The van der Waals surface area contributed by atoms with Crippen molar-refractivity contribution in [3.8, 4) is 0 Å². The average molecular weight is 197 g/mol. The predicted molar refractivity (Wildman–Crippen MR) is 54.8 cm³/mol. The lowest BCUT2D eigenvalue weighted by Crippen LogP contribution is -2.48. The van der Waals surface area contributed by atoms with Crippen LogP contribution in [0.15, 0.2) is 10.9 Å². The summed E-state index contributed by atoms with van der Waals surface area (Å²) in [7, 11) is 0. The summed E-state index contributed by atoms with van der Waals surface area (Å²) < 4.78 is 0. The maximum absolute atomic E-state index is 5.68. The number of rotatable bonds is 4. The van der Waals surface area contributed by atoms with E-state index in [4.69, 9.17) is 5.73 Å². The van der Waals surface area contributed by atoms with Gasteiger partial charge in [0.1, 0.15) is 0 Å². The van der Waals surface area contributed by atoms with Crippen molar-refractivity contribution in [1.29, 1.82) is 0 Å². The fourth-order valence-electron chi connectivity index (χ4n) is 1.59. The Hall–Kier alpha value is -0.450. The first kappa shape index (κ1) is 9.12. The first-order chi connectivity index (χ1) is 6.34. The molecular weight excluding hydrogens is 182 g/mol. The molecule has 1 aromatic rings. The molecule has 1 fully saturated rings. The molecule has 0 spiro atoms. The van der Waals surface area contributed by atoms with Crippen LogP contribution < -0.4 is 11.1 Å². The molecule has 1 aliphatic carbocycles. The molecule has 1 saturated carbocycles. The van der Waals surface area contributed by atoms with Crippen LogP contribution in [0.1, 0.15) is 18.5 Å². The molecule has 1 aromatic heterocycles. The number of aromatic nitrogens is 1. The second-order valence-electron chi connectivity index (χ2n) is 3.61. The van der Waals surface area contributed by atoms with Crippen molar-refractivity contribution in [2.24, 2.45) is 5.73 Å². The number of thiazole rings is 1. The number of hydrogen-bond acceptors (Lipinski definition) is 4. The zero-order valence-corrected chi connectivity index (χ0v) is 8.39. The lowest BCUT2D eigenvalue weighted by molar-refractivity contribution is 0.294. The zero-order chi connectivity index (χ0) is 9.10. The van der Waals surface area contributed by atoms with Gasteiger partial charge in [0.15, 0.2) is 0 Å². The molecule has 4 heteroatoms. The van der Waals surface area contributed by atoms with Crippen LogP contribution in [0.3, 0.4) is 0 Å². The van der Waals surface area contributed by atoms with Gasteiger partial charge in [0.2, 0.25) is 0 Å². The highest BCUT2D eigenvalue weighted by Gasteiger charge is 2.24. The van der Waals surface area contributed by atoms with Gasteiger partial charge in [0, 0.05) is 30.4 Å². The van der Waals surface area contributed by atoms with Gasteiger partial charge in [-0.15, -0.1) is 11.3 Å². The second kappa shape index (κ2) is 4.17. The van der Waals surface area contributed by atoms with Crippen molar-refractivity contribution in [2.75, 3.05) is 6.54 Å². The fraction of sp³-hybridized carbons (Fsp3) is 0.667. The Balaban J connectivity index is 1.59. The maximum Gasteiger partial charge on any atom is 0.0794 e. The molecule has 72 valence electrons. The molecule has 0 unspecified atom stereocenters. The maximum atomic E-state index is 5.68. The third-order valence-electron chi connectivity index (χ3n) is 2.47. The largest absolute Gasteiger partial charge is 0.328 e. The quantitative estimate of drug-likeness (QED) is 0.749. The Morgan fingerprint density at radius 1 is 1.62 bits per heavy atom. The minimum absolute atomic E-state index is 0.441. The van der Waals surface area contributed by atoms with Crippen LogP contribution in [-0.4, -0.2) is 23.6 Å². The molecule has 0 amide bonds. The molecule has 0 saturated heterocycles. The molecule has 2 rings (SSSR count). The van der Waals surface area contributed by atoms with Crippen molar-refractivity contribution >= 4 is 11.3 Å². The van der Waals surface area contributed by atoms with Gasteiger partial charge in [0.25, 0.3) is 0 Å². The molecule has 1 heterocycles. The molecule has 0 radical (unpaired) electrons. The molecule has 13 heavy (non-hydrogen) atoms. The van der Waals surface area contributed by atoms with Gasteiger partial charge in [-0.1, -0.05) is 0 Å². The Kier molecular flexibility index (Phi) is 2.93. The van der Waals surface area contributed by atoms with E-state index in [1.807, 2.05) is 5.51 Å². The van der Waals surface area contributed by atoms with Crippen LogP contribution in [0.25, 0.3) is 0 Å². The van der Waals surface area contributed by atoms with Crippen molar-refractivity contribution in [2.45, 2.75) is 31.3 Å². The molecule has 3 N–H and O–H groups in total. The van der Waals surface area contributed by atoms with Gasteiger partial charge in [-0.2, -0.15) is 0 Å². The standard InChI is InChI=1S/C9H15N3S/c10-7-3-9(4-7)11-2-1-8-5-13-6-12-8/h5-7,9,11H,1-4,10H2. The van der Waals surface area contributed by atoms with Crippen LogP contribution >= 0.6 is 11.3 Å². The van der Waals surface area contributed by atoms with Crippen LogP contribution in [0.2, 0.25) is 0 Å². The van der Waals surface area contributed by atoms with Crippen molar-refractivity contribution in [3.63, 3.8) is 0 Å². The van der Waals surface area contributed by atoms with Crippen LogP contribution in [-0.2, 0) is 6.42 Å². The van der Waals surface area contributed by atoms with Crippen LogP contribution in [0.4, 0.5) is 0 Å². The summed E-state index contributed by atoms with van der Waals surface area (Å²) in [6.07, 6.45) is 3.31. The Morgan fingerprint density at radius 3 is 3.08 bits per heavy atom. The minimum atomic E-state index is 0.441. The van der Waals surface area contributed by atoms with Crippen LogP contribution in [0, 0.1) is 0 Å². The van der Waals surface area contributed by atoms with E-state index >= 15 is 0 Å². The first-order valence-corrected chi connectivity index (χ1v) is 5.65. The predicted octanol–water partition coefficient (Wildman–Crippen LogP) is 0.765. The normalized spacial score (nSPS) is 27.2. The van der Waals surface area contributed by atoms with Gasteiger partial charge in [0.05, 0.1) is 11.2 Å². The van der Waals surface area contributed by atoms with E-state index in [2.05, 4.69) is 15.7 Å². The summed E-state index contributed by atoms with van der Waals surface area (Å²) in [5.41, 5.74) is 8.76. The summed E-state index contributed by atoms with van der Waals surface area (Å²) in [4.78, 5) is 4.23. The smallest absolute Gasteiger partial charge is 0.0794 e. The highest BCUT2D eigenvalue weighted by atomic mass is 32.1. The van der Waals surface area contributed by atoms with Crippen molar-refractivity contribution in [1.82, 2.24) is 10.3 Å². The highest BCUT2D eigenvalue weighted by Crippen LogP contribution is 2.17. The van der Waals surface area contributed by atoms with E-state index < -0.39 is 0 Å². The van der Waals surface area contributed by atoms with E-state index in [-0.39, 0.29) is 0 Å². The van der Waals surface area contributed by atoms with E-state index in [0.29, 0.717) is 12.1 Å². The number of nitrogens with one attached hydrogen (secondary N) is 1. The summed E-state index contributed by atoms with van der Waals surface area (Å²) in [5.74, 6) is 0. The summed E-state index contributed by atoms with van der Waals surface area (Å²) in [5, 5.41) is 5.58. The topological polar surface area (TPSA) is 50.9 Å². The van der Waals surface area contributed by atoms with E-state index in [9.17, 15) is 0 Å². The summed E-state index contributed by atoms with van der Waals surface area (Å²) in [6, 6.07) is 1.10. The summed E-state index contributed by atoms with van der Waals surface area (Å²) in [6.45, 7) is 1.03. The van der Waals surface area contributed by atoms with Gasteiger partial charge in [-0.05, 0) is 12.8 Å². The molecule has 0 atom stereocenters. The van der Waals surface area contributed by atoms with Crippen molar-refractivity contribution in [3.05, 3.63) is 16.6 Å². The fourth-order valence-corrected chi connectivity index (χ4v) is 2.19. The number of nitrogens with zero attached hydrogens (tertiary/aromatic N) is 1. The molecule has 3 nitrogen and oxygen atoms in total. The van der Waals surface area contributed by atoms with Gasteiger partial charge < -0.3 is 11.1 Å². The van der Waals surface area contributed by atoms with Gasteiger partial charge >= 0.3 is 0 Å². The third kappa shape index (κ3) is 2.49. The second-order valence-corrected chi connectivity index (χ2v) is 4.33. The molecule has 0 bridgehead atoms. The molecule has 1 aliphatic rings. The van der Waals surface area contributed by atoms with Crippen molar-refractivity contribution < 1.29 is 0 Å². The van der Waals surface area contributed by atoms with E-state index in [1.54, 1.807) is 11.3 Å². The lowest BCUT2D eigenvalue weighted by Gasteiger charge is -2.33.